The van der Waals surface area contributed by atoms with E-state index >= 15 is 0 Å². The first-order valence-electron chi connectivity index (χ1n) is 9.08. The molecule has 150 valence electrons. The molecule has 0 bridgehead atoms. The van der Waals surface area contributed by atoms with Crippen molar-refractivity contribution in [1.82, 2.24) is 0 Å². The number of benzene rings is 3. The Labute approximate surface area is 175 Å². The Morgan fingerprint density at radius 2 is 1.72 bits per heavy atom. The molecule has 5 nitrogen and oxygen atoms in total. The minimum atomic E-state index is -3.87. The van der Waals surface area contributed by atoms with Crippen LogP contribution < -0.4 is 10.0 Å². The summed E-state index contributed by atoms with van der Waals surface area (Å²) in [5.41, 5.74) is 3.32. The summed E-state index contributed by atoms with van der Waals surface area (Å²) >= 11 is 5.91. The van der Waals surface area contributed by atoms with Crippen LogP contribution in [0.4, 0.5) is 11.4 Å². The number of anilines is 2. The second-order valence-corrected chi connectivity index (χ2v) is 8.68. The topological polar surface area (TPSA) is 75.3 Å². The smallest absolute Gasteiger partial charge is 0.261 e. The second kappa shape index (κ2) is 8.68. The lowest BCUT2D eigenvalue weighted by molar-refractivity contribution is 0.102. The fourth-order valence-electron chi connectivity index (χ4n) is 2.96. The molecule has 29 heavy (non-hydrogen) atoms. The minimum absolute atomic E-state index is 0.00868. The summed E-state index contributed by atoms with van der Waals surface area (Å²) in [6.07, 6.45) is 0.773. The molecular weight excluding hydrogens is 408 g/mol. The summed E-state index contributed by atoms with van der Waals surface area (Å²) in [4.78, 5) is 12.8. The van der Waals surface area contributed by atoms with Gasteiger partial charge in [-0.1, -0.05) is 48.9 Å². The van der Waals surface area contributed by atoms with Crippen LogP contribution in [-0.2, 0) is 16.4 Å². The van der Waals surface area contributed by atoms with E-state index in [2.05, 4.69) is 10.0 Å². The molecule has 0 spiro atoms. The van der Waals surface area contributed by atoms with Crippen LogP contribution in [-0.4, -0.2) is 14.3 Å². The number of aryl methyl sites for hydroxylation is 2. The third kappa shape index (κ3) is 4.96. The normalized spacial score (nSPS) is 11.1. The maximum atomic E-state index is 12.8. The van der Waals surface area contributed by atoms with E-state index in [1.807, 2.05) is 32.0 Å². The van der Waals surface area contributed by atoms with E-state index in [4.69, 9.17) is 11.6 Å². The molecule has 0 saturated carbocycles. The Bertz CT molecular complexity index is 1160. The number of hydrogen-bond acceptors (Lipinski definition) is 3. The lowest BCUT2D eigenvalue weighted by Gasteiger charge is -2.14. The predicted molar refractivity (Wildman–Crippen MR) is 117 cm³/mol. The average molecular weight is 429 g/mol. The van der Waals surface area contributed by atoms with Gasteiger partial charge in [-0.15, -0.1) is 0 Å². The van der Waals surface area contributed by atoms with Crippen LogP contribution in [0.15, 0.2) is 71.6 Å². The molecule has 0 unspecified atom stereocenters. The molecule has 0 heterocycles. The van der Waals surface area contributed by atoms with Gasteiger partial charge in [-0.3, -0.25) is 9.52 Å². The zero-order valence-electron chi connectivity index (χ0n) is 16.1. The van der Waals surface area contributed by atoms with E-state index in [0.29, 0.717) is 10.7 Å². The van der Waals surface area contributed by atoms with E-state index in [-0.39, 0.29) is 16.4 Å². The molecule has 3 rings (SSSR count). The number of halogens is 1. The maximum absolute atomic E-state index is 12.8. The predicted octanol–water partition coefficient (Wildman–Crippen LogP) is 5.26. The van der Waals surface area contributed by atoms with Gasteiger partial charge in [-0.05, 0) is 60.9 Å². The van der Waals surface area contributed by atoms with Crippen molar-refractivity contribution in [3.05, 3.63) is 88.4 Å². The van der Waals surface area contributed by atoms with Crippen LogP contribution in [0.2, 0.25) is 5.02 Å². The number of rotatable bonds is 6. The summed E-state index contributed by atoms with van der Waals surface area (Å²) < 4.78 is 27.9. The van der Waals surface area contributed by atoms with Gasteiger partial charge >= 0.3 is 0 Å². The number of hydrogen-bond donors (Lipinski definition) is 2. The van der Waals surface area contributed by atoms with Crippen LogP contribution in [0.5, 0.6) is 0 Å². The highest BCUT2D eigenvalue weighted by molar-refractivity contribution is 7.92. The molecular formula is C22H21ClN2O3S. The zero-order chi connectivity index (χ0) is 21.0. The van der Waals surface area contributed by atoms with Crippen molar-refractivity contribution in [2.24, 2.45) is 0 Å². The molecule has 0 atom stereocenters. The van der Waals surface area contributed by atoms with E-state index in [1.165, 1.54) is 18.2 Å². The number of carbonyl (C=O) groups excluding carboxylic acids is 1. The third-order valence-electron chi connectivity index (χ3n) is 4.46. The summed E-state index contributed by atoms with van der Waals surface area (Å²) in [5, 5.41) is 3.33. The summed E-state index contributed by atoms with van der Waals surface area (Å²) in [6.45, 7) is 3.93. The Balaban J connectivity index is 1.86. The van der Waals surface area contributed by atoms with Crippen LogP contribution >= 0.6 is 11.6 Å². The minimum Gasteiger partial charge on any atom is -0.321 e. The van der Waals surface area contributed by atoms with Crippen molar-refractivity contribution in [3.8, 4) is 0 Å². The Morgan fingerprint density at radius 3 is 2.45 bits per heavy atom. The molecule has 0 saturated heterocycles. The molecule has 2 N–H and O–H groups in total. The standard InChI is InChI=1S/C22H21ClN2O3S/c1-3-16-8-4-7-15(2)21(16)24-22(26)17-9-5-12-20(13-17)29(27,28)25-19-11-6-10-18(23)14-19/h4-14,25H,3H2,1-2H3,(H,24,26). The van der Waals surface area contributed by atoms with E-state index in [1.54, 1.807) is 30.3 Å². The van der Waals surface area contributed by atoms with Crippen LogP contribution in [0, 0.1) is 6.92 Å². The molecule has 1 amide bonds. The molecule has 0 aliphatic heterocycles. The van der Waals surface area contributed by atoms with Gasteiger partial charge in [0.25, 0.3) is 15.9 Å². The number of carbonyl (C=O) groups is 1. The molecule has 3 aromatic carbocycles. The molecule has 0 aliphatic carbocycles. The summed E-state index contributed by atoms with van der Waals surface area (Å²) in [7, 11) is -3.87. The lowest BCUT2D eigenvalue weighted by Crippen LogP contribution is -2.17. The number of para-hydroxylation sites is 1. The van der Waals surface area contributed by atoms with Crippen LogP contribution in [0.25, 0.3) is 0 Å². The lowest BCUT2D eigenvalue weighted by atomic mass is 10.1. The van der Waals surface area contributed by atoms with Crippen LogP contribution in [0.3, 0.4) is 0 Å². The average Bonchev–Trinajstić information content (AvgIpc) is 2.69. The van der Waals surface area contributed by atoms with Gasteiger partial charge in [-0.25, -0.2) is 8.42 Å². The van der Waals surface area contributed by atoms with E-state index in [0.717, 1.165) is 23.2 Å². The third-order valence-corrected chi connectivity index (χ3v) is 6.08. The van der Waals surface area contributed by atoms with Crippen molar-refractivity contribution in [3.63, 3.8) is 0 Å². The Hall–Kier alpha value is -2.83. The van der Waals surface area contributed by atoms with Gasteiger partial charge in [-0.2, -0.15) is 0 Å². The quantitative estimate of drug-likeness (QED) is 0.562. The van der Waals surface area contributed by atoms with Gasteiger partial charge in [0.15, 0.2) is 0 Å². The zero-order valence-corrected chi connectivity index (χ0v) is 17.6. The highest BCUT2D eigenvalue weighted by Crippen LogP contribution is 2.23. The first-order chi connectivity index (χ1) is 13.8. The van der Waals surface area contributed by atoms with E-state index < -0.39 is 10.0 Å². The molecule has 3 aromatic rings. The van der Waals surface area contributed by atoms with Crippen molar-refractivity contribution < 1.29 is 13.2 Å². The number of amides is 1. The van der Waals surface area contributed by atoms with Crippen LogP contribution in [0.1, 0.15) is 28.4 Å². The highest BCUT2D eigenvalue weighted by Gasteiger charge is 2.17. The first-order valence-corrected chi connectivity index (χ1v) is 10.9. The highest BCUT2D eigenvalue weighted by atomic mass is 35.5. The fraction of sp³-hybridized carbons (Fsp3) is 0.136. The second-order valence-electron chi connectivity index (χ2n) is 6.56. The van der Waals surface area contributed by atoms with Gasteiger partial charge in [0, 0.05) is 16.3 Å². The van der Waals surface area contributed by atoms with Gasteiger partial charge < -0.3 is 5.32 Å². The van der Waals surface area contributed by atoms with E-state index in [9.17, 15) is 13.2 Å². The van der Waals surface area contributed by atoms with Gasteiger partial charge in [0.1, 0.15) is 0 Å². The largest absolute Gasteiger partial charge is 0.321 e. The molecule has 0 aliphatic rings. The SMILES string of the molecule is CCc1cccc(C)c1NC(=O)c1cccc(S(=O)(=O)Nc2cccc(Cl)c2)c1. The monoisotopic (exact) mass is 428 g/mol. The fourth-order valence-corrected chi connectivity index (χ4v) is 4.24. The summed E-state index contributed by atoms with van der Waals surface area (Å²) in [5.74, 6) is -0.367. The molecule has 0 radical (unpaired) electrons. The first kappa shape index (κ1) is 20.9. The molecule has 7 heteroatoms. The Kier molecular flexibility index (Phi) is 6.25. The summed E-state index contributed by atoms with van der Waals surface area (Å²) in [6, 6.07) is 18.2. The van der Waals surface area contributed by atoms with Crippen molar-refractivity contribution in [2.75, 3.05) is 10.0 Å². The number of sulfonamides is 1. The van der Waals surface area contributed by atoms with Gasteiger partial charge in [0.2, 0.25) is 0 Å². The molecule has 0 fully saturated rings. The van der Waals surface area contributed by atoms with Crippen molar-refractivity contribution >= 4 is 38.9 Å². The number of nitrogens with one attached hydrogen (secondary N) is 2. The Morgan fingerprint density at radius 1 is 1.00 bits per heavy atom. The van der Waals surface area contributed by atoms with Crippen molar-refractivity contribution in [2.45, 2.75) is 25.2 Å². The maximum Gasteiger partial charge on any atom is 0.261 e. The van der Waals surface area contributed by atoms with Gasteiger partial charge in [0.05, 0.1) is 10.6 Å². The van der Waals surface area contributed by atoms with Crippen molar-refractivity contribution in [1.29, 1.82) is 0 Å². The molecule has 0 aromatic heterocycles.